The predicted molar refractivity (Wildman–Crippen MR) is 54.9 cm³/mol. The Morgan fingerprint density at radius 2 is 1.77 bits per heavy atom. The van der Waals surface area contributed by atoms with E-state index in [9.17, 15) is 5.11 Å². The fourth-order valence-electron chi connectivity index (χ4n) is 1.09. The second kappa shape index (κ2) is 4.94. The lowest BCUT2D eigenvalue weighted by atomic mass is 10.0. The third-order valence-electron chi connectivity index (χ3n) is 1.77. The van der Waals surface area contributed by atoms with Crippen LogP contribution in [0.25, 0.3) is 0 Å². The van der Waals surface area contributed by atoms with Crippen molar-refractivity contribution >= 4 is 0 Å². The summed E-state index contributed by atoms with van der Waals surface area (Å²) in [4.78, 5) is 0. The number of hydrogen-bond donors (Lipinski definition) is 2. The van der Waals surface area contributed by atoms with Crippen LogP contribution in [0.5, 0.6) is 0 Å². The van der Waals surface area contributed by atoms with E-state index in [2.05, 4.69) is 26.1 Å². The molecule has 0 aromatic heterocycles. The van der Waals surface area contributed by atoms with Crippen molar-refractivity contribution in [3.63, 3.8) is 0 Å². The molecule has 1 atom stereocenters. The summed E-state index contributed by atoms with van der Waals surface area (Å²) in [7, 11) is 1.60. The minimum absolute atomic E-state index is 0.114. The standard InChI is InChI=1S/C10H23NO2/c1-9(2,3)11-7-6-10(4,12)8-13-5/h11-12H,6-8H2,1-5H3. The zero-order valence-corrected chi connectivity index (χ0v) is 9.48. The van der Waals surface area contributed by atoms with Crippen LogP contribution in [0.3, 0.4) is 0 Å². The number of rotatable bonds is 5. The average molecular weight is 189 g/mol. The molecule has 0 aliphatic rings. The second-order valence-electron chi connectivity index (χ2n) is 4.86. The van der Waals surface area contributed by atoms with Crippen LogP contribution in [-0.4, -0.2) is 36.5 Å². The Hall–Kier alpha value is -0.120. The number of methoxy groups -OCH3 is 1. The van der Waals surface area contributed by atoms with Gasteiger partial charge in [0.15, 0.2) is 0 Å². The van der Waals surface area contributed by atoms with Crippen molar-refractivity contribution in [1.29, 1.82) is 0 Å². The highest BCUT2D eigenvalue weighted by Gasteiger charge is 2.20. The Kier molecular flexibility index (Phi) is 4.89. The molecule has 3 heteroatoms. The molecule has 0 saturated heterocycles. The predicted octanol–water partition coefficient (Wildman–Crippen LogP) is 1.16. The molecule has 0 aliphatic heterocycles. The summed E-state index contributed by atoms with van der Waals surface area (Å²) in [6.45, 7) is 9.31. The molecule has 2 N–H and O–H groups in total. The molecular formula is C10H23NO2. The van der Waals surface area contributed by atoms with E-state index in [4.69, 9.17) is 4.74 Å². The van der Waals surface area contributed by atoms with E-state index in [1.165, 1.54) is 0 Å². The molecule has 0 aliphatic carbocycles. The number of nitrogens with one attached hydrogen (secondary N) is 1. The number of aliphatic hydroxyl groups is 1. The maximum absolute atomic E-state index is 9.75. The summed E-state index contributed by atoms with van der Waals surface area (Å²) in [6, 6.07) is 0. The van der Waals surface area contributed by atoms with Gasteiger partial charge >= 0.3 is 0 Å². The number of hydrogen-bond acceptors (Lipinski definition) is 3. The molecule has 0 heterocycles. The van der Waals surface area contributed by atoms with Gasteiger partial charge in [0, 0.05) is 12.6 Å². The molecule has 0 fully saturated rings. The van der Waals surface area contributed by atoms with E-state index < -0.39 is 5.60 Å². The summed E-state index contributed by atoms with van der Waals surface area (Å²) >= 11 is 0. The molecule has 3 nitrogen and oxygen atoms in total. The summed E-state index contributed by atoms with van der Waals surface area (Å²) in [6.07, 6.45) is 0.706. The van der Waals surface area contributed by atoms with Gasteiger partial charge in [0.2, 0.25) is 0 Å². The zero-order chi connectivity index (χ0) is 10.5. The van der Waals surface area contributed by atoms with Crippen molar-refractivity contribution in [2.45, 2.75) is 45.3 Å². The molecule has 0 bridgehead atoms. The van der Waals surface area contributed by atoms with E-state index in [1.807, 2.05) is 0 Å². The molecule has 13 heavy (non-hydrogen) atoms. The second-order valence-corrected chi connectivity index (χ2v) is 4.86. The van der Waals surface area contributed by atoms with Gasteiger partial charge in [-0.2, -0.15) is 0 Å². The molecule has 0 saturated carbocycles. The van der Waals surface area contributed by atoms with Crippen LogP contribution in [0.4, 0.5) is 0 Å². The van der Waals surface area contributed by atoms with Gasteiger partial charge in [0.05, 0.1) is 12.2 Å². The molecule has 0 rings (SSSR count). The molecule has 0 aromatic rings. The van der Waals surface area contributed by atoms with Crippen molar-refractivity contribution in [3.8, 4) is 0 Å². The maximum Gasteiger partial charge on any atom is 0.0864 e. The van der Waals surface area contributed by atoms with Crippen molar-refractivity contribution in [2.24, 2.45) is 0 Å². The van der Waals surface area contributed by atoms with E-state index in [0.717, 1.165) is 6.54 Å². The molecule has 0 radical (unpaired) electrons. The van der Waals surface area contributed by atoms with Gasteiger partial charge in [0.1, 0.15) is 0 Å². The zero-order valence-electron chi connectivity index (χ0n) is 9.48. The lowest BCUT2D eigenvalue weighted by Gasteiger charge is -2.26. The van der Waals surface area contributed by atoms with E-state index in [1.54, 1.807) is 14.0 Å². The largest absolute Gasteiger partial charge is 0.388 e. The van der Waals surface area contributed by atoms with E-state index in [-0.39, 0.29) is 5.54 Å². The molecular weight excluding hydrogens is 166 g/mol. The summed E-state index contributed by atoms with van der Waals surface area (Å²) in [5.41, 5.74) is -0.601. The van der Waals surface area contributed by atoms with Gasteiger partial charge in [-0.3, -0.25) is 0 Å². The quantitative estimate of drug-likeness (QED) is 0.682. The van der Waals surface area contributed by atoms with Crippen molar-refractivity contribution in [1.82, 2.24) is 5.32 Å². The van der Waals surface area contributed by atoms with Crippen LogP contribution in [0.2, 0.25) is 0 Å². The van der Waals surface area contributed by atoms with Crippen LogP contribution in [0.15, 0.2) is 0 Å². The van der Waals surface area contributed by atoms with Gasteiger partial charge in [-0.1, -0.05) is 0 Å². The summed E-state index contributed by atoms with van der Waals surface area (Å²) in [5.74, 6) is 0. The Bertz CT molecular complexity index is 138. The fraction of sp³-hybridized carbons (Fsp3) is 1.00. The average Bonchev–Trinajstić information content (AvgIpc) is 1.82. The van der Waals surface area contributed by atoms with Crippen LogP contribution in [0, 0.1) is 0 Å². The highest BCUT2D eigenvalue weighted by molar-refractivity contribution is 4.76. The van der Waals surface area contributed by atoms with Crippen molar-refractivity contribution in [2.75, 3.05) is 20.3 Å². The van der Waals surface area contributed by atoms with Crippen LogP contribution in [-0.2, 0) is 4.74 Å². The third kappa shape index (κ3) is 8.22. The SMILES string of the molecule is COCC(C)(O)CCNC(C)(C)C. The first kappa shape index (κ1) is 12.9. The van der Waals surface area contributed by atoms with Crippen molar-refractivity contribution in [3.05, 3.63) is 0 Å². The Balaban J connectivity index is 3.63. The first-order chi connectivity index (χ1) is 5.77. The van der Waals surface area contributed by atoms with Crippen LogP contribution >= 0.6 is 0 Å². The molecule has 0 spiro atoms. The molecule has 1 unspecified atom stereocenters. The van der Waals surface area contributed by atoms with E-state index >= 15 is 0 Å². The number of ether oxygens (including phenoxy) is 1. The third-order valence-corrected chi connectivity index (χ3v) is 1.77. The smallest absolute Gasteiger partial charge is 0.0864 e. The van der Waals surface area contributed by atoms with Crippen molar-refractivity contribution < 1.29 is 9.84 Å². The maximum atomic E-state index is 9.75. The molecule has 80 valence electrons. The lowest BCUT2D eigenvalue weighted by molar-refractivity contribution is -0.0228. The minimum Gasteiger partial charge on any atom is -0.388 e. The monoisotopic (exact) mass is 189 g/mol. The highest BCUT2D eigenvalue weighted by Crippen LogP contribution is 2.09. The topological polar surface area (TPSA) is 41.5 Å². The van der Waals surface area contributed by atoms with Gasteiger partial charge in [-0.25, -0.2) is 0 Å². The fourth-order valence-corrected chi connectivity index (χ4v) is 1.09. The van der Waals surface area contributed by atoms with Crippen LogP contribution in [0.1, 0.15) is 34.1 Å². The van der Waals surface area contributed by atoms with E-state index in [0.29, 0.717) is 13.0 Å². The van der Waals surface area contributed by atoms with Crippen LogP contribution < -0.4 is 5.32 Å². The lowest BCUT2D eigenvalue weighted by Crippen LogP contribution is -2.41. The first-order valence-electron chi connectivity index (χ1n) is 4.73. The Labute approximate surface area is 81.5 Å². The van der Waals surface area contributed by atoms with Gasteiger partial charge < -0.3 is 15.2 Å². The first-order valence-corrected chi connectivity index (χ1v) is 4.73. The summed E-state index contributed by atoms with van der Waals surface area (Å²) < 4.78 is 4.91. The highest BCUT2D eigenvalue weighted by atomic mass is 16.5. The molecule has 0 aromatic carbocycles. The normalized spacial score (nSPS) is 17.1. The van der Waals surface area contributed by atoms with Gasteiger partial charge in [-0.15, -0.1) is 0 Å². The summed E-state index contributed by atoms with van der Waals surface area (Å²) in [5, 5.41) is 13.1. The van der Waals surface area contributed by atoms with Gasteiger partial charge in [0.25, 0.3) is 0 Å². The Morgan fingerprint density at radius 3 is 2.15 bits per heavy atom. The Morgan fingerprint density at radius 1 is 1.23 bits per heavy atom. The van der Waals surface area contributed by atoms with Gasteiger partial charge in [-0.05, 0) is 40.7 Å². The molecule has 0 amide bonds. The minimum atomic E-state index is -0.715.